The normalized spacial score (nSPS) is 22.5. The predicted molar refractivity (Wildman–Crippen MR) is 127 cm³/mol. The van der Waals surface area contributed by atoms with Crippen LogP contribution in [0.15, 0.2) is 12.2 Å². The van der Waals surface area contributed by atoms with Crippen LogP contribution in [0.1, 0.15) is 110 Å². The van der Waals surface area contributed by atoms with Crippen molar-refractivity contribution in [3.8, 4) is 0 Å². The predicted octanol–water partition coefficient (Wildman–Crippen LogP) is 5.30. The van der Waals surface area contributed by atoms with E-state index in [1.807, 2.05) is 0 Å². The molecule has 1 heterocycles. The first-order valence-electron chi connectivity index (χ1n) is 13.1. The van der Waals surface area contributed by atoms with E-state index >= 15 is 0 Å². The summed E-state index contributed by atoms with van der Waals surface area (Å²) in [4.78, 5) is 0. The average molecular weight is 443 g/mol. The van der Waals surface area contributed by atoms with Gasteiger partial charge in [0.1, 0.15) is 24.4 Å². The average Bonchev–Trinajstić information content (AvgIpc) is 3.11. The van der Waals surface area contributed by atoms with Gasteiger partial charge in [-0.25, -0.2) is 0 Å². The fourth-order valence-corrected chi connectivity index (χ4v) is 4.14. The summed E-state index contributed by atoms with van der Waals surface area (Å²) in [5.41, 5.74) is 0. The van der Waals surface area contributed by atoms with Gasteiger partial charge in [-0.1, -0.05) is 89.7 Å². The topological polar surface area (TPSA) is 79.2 Å². The second-order valence-corrected chi connectivity index (χ2v) is 9.09. The van der Waals surface area contributed by atoms with Gasteiger partial charge in [0.25, 0.3) is 0 Å². The molecule has 5 nitrogen and oxygen atoms in total. The van der Waals surface area contributed by atoms with E-state index in [1.165, 1.54) is 89.9 Å². The van der Waals surface area contributed by atoms with Crippen molar-refractivity contribution in [2.45, 2.75) is 134 Å². The maximum Gasteiger partial charge on any atom is 0.114 e. The molecule has 31 heavy (non-hydrogen) atoms. The van der Waals surface area contributed by atoms with E-state index < -0.39 is 24.4 Å². The van der Waals surface area contributed by atoms with Crippen LogP contribution in [0.3, 0.4) is 0 Å². The number of ether oxygens (including phenoxy) is 2. The van der Waals surface area contributed by atoms with Gasteiger partial charge < -0.3 is 24.8 Å². The number of aliphatic hydroxyl groups excluding tert-OH is 3. The third-order valence-corrected chi connectivity index (χ3v) is 6.22. The van der Waals surface area contributed by atoms with Crippen LogP contribution in [0.5, 0.6) is 0 Å². The molecule has 0 spiro atoms. The Balaban J connectivity index is 1.82. The van der Waals surface area contributed by atoms with Crippen molar-refractivity contribution >= 4 is 0 Å². The van der Waals surface area contributed by atoms with E-state index in [1.54, 1.807) is 0 Å². The van der Waals surface area contributed by atoms with Gasteiger partial charge in [-0.15, -0.1) is 0 Å². The van der Waals surface area contributed by atoms with Crippen molar-refractivity contribution in [2.75, 3.05) is 19.8 Å². The first-order valence-corrected chi connectivity index (χ1v) is 13.1. The van der Waals surface area contributed by atoms with Crippen molar-refractivity contribution in [2.24, 2.45) is 0 Å². The molecule has 0 aliphatic carbocycles. The quantitative estimate of drug-likeness (QED) is 0.166. The molecule has 0 amide bonds. The van der Waals surface area contributed by atoms with Crippen molar-refractivity contribution < 1.29 is 24.8 Å². The molecule has 1 rings (SSSR count). The SMILES string of the molecule is CCCCCCCCCC/C=C/CCCCCCCCO[C@@H](CO)[C@@H]1OC[C@@H](O)[C@@H]1O. The maximum absolute atomic E-state index is 9.85. The Hall–Kier alpha value is -0.460. The van der Waals surface area contributed by atoms with Gasteiger partial charge >= 0.3 is 0 Å². The lowest BCUT2D eigenvalue weighted by molar-refractivity contribution is -0.101. The summed E-state index contributed by atoms with van der Waals surface area (Å²) in [6.07, 6.45) is 22.3. The molecule has 0 radical (unpaired) electrons. The Morgan fingerprint density at radius 2 is 1.32 bits per heavy atom. The van der Waals surface area contributed by atoms with Gasteiger partial charge in [-0.2, -0.15) is 0 Å². The highest BCUT2D eigenvalue weighted by Gasteiger charge is 2.40. The minimum Gasteiger partial charge on any atom is -0.394 e. The highest BCUT2D eigenvalue weighted by Crippen LogP contribution is 2.20. The van der Waals surface area contributed by atoms with Crippen LogP contribution in [0.4, 0.5) is 0 Å². The molecule has 5 heteroatoms. The fraction of sp³-hybridized carbons (Fsp3) is 0.923. The largest absolute Gasteiger partial charge is 0.394 e. The summed E-state index contributed by atoms with van der Waals surface area (Å²) in [6.45, 7) is 2.71. The van der Waals surface area contributed by atoms with Crippen LogP contribution >= 0.6 is 0 Å². The molecule has 1 fully saturated rings. The number of rotatable bonds is 21. The van der Waals surface area contributed by atoms with E-state index in [4.69, 9.17) is 9.47 Å². The summed E-state index contributed by atoms with van der Waals surface area (Å²) in [5, 5.41) is 28.8. The van der Waals surface area contributed by atoms with Gasteiger partial charge in [0.15, 0.2) is 0 Å². The van der Waals surface area contributed by atoms with Gasteiger partial charge in [0, 0.05) is 6.61 Å². The summed E-state index contributed by atoms with van der Waals surface area (Å²) in [6, 6.07) is 0. The molecule has 0 saturated carbocycles. The van der Waals surface area contributed by atoms with Crippen LogP contribution in [0.25, 0.3) is 0 Å². The maximum atomic E-state index is 9.85. The molecule has 0 unspecified atom stereocenters. The summed E-state index contributed by atoms with van der Waals surface area (Å²) < 4.78 is 11.0. The lowest BCUT2D eigenvalue weighted by atomic mass is 10.1. The standard InChI is InChI=1S/C26H50O5/c1-2-3-4-5-6-7-8-9-10-11-12-13-14-15-16-17-18-19-20-30-24(21-27)26-25(29)23(28)22-31-26/h11-12,23-29H,2-10,13-22H2,1H3/b12-11+/t23-,24+,25+,26+/m1/s1. The van der Waals surface area contributed by atoms with E-state index in [0.29, 0.717) is 6.61 Å². The zero-order chi connectivity index (χ0) is 22.6. The Morgan fingerprint density at radius 3 is 1.81 bits per heavy atom. The minimum atomic E-state index is -0.980. The lowest BCUT2D eigenvalue weighted by Gasteiger charge is -2.24. The molecule has 4 atom stereocenters. The zero-order valence-electron chi connectivity index (χ0n) is 20.1. The molecule has 0 aromatic heterocycles. The van der Waals surface area contributed by atoms with Crippen molar-refractivity contribution in [3.05, 3.63) is 12.2 Å². The van der Waals surface area contributed by atoms with Gasteiger partial charge in [-0.05, 0) is 32.1 Å². The molecular weight excluding hydrogens is 392 g/mol. The second kappa shape index (κ2) is 20.2. The molecule has 1 saturated heterocycles. The number of allylic oxidation sites excluding steroid dienone is 2. The molecule has 0 aromatic carbocycles. The molecule has 1 aliphatic rings. The third-order valence-electron chi connectivity index (χ3n) is 6.22. The minimum absolute atomic E-state index is 0.0973. The highest BCUT2D eigenvalue weighted by molar-refractivity contribution is 4.88. The zero-order valence-corrected chi connectivity index (χ0v) is 20.1. The molecule has 0 bridgehead atoms. The van der Waals surface area contributed by atoms with Crippen LogP contribution in [0.2, 0.25) is 0 Å². The molecule has 3 N–H and O–H groups in total. The van der Waals surface area contributed by atoms with E-state index in [-0.39, 0.29) is 13.2 Å². The Kier molecular flexibility index (Phi) is 18.6. The van der Waals surface area contributed by atoms with Crippen LogP contribution in [-0.2, 0) is 9.47 Å². The second-order valence-electron chi connectivity index (χ2n) is 9.09. The van der Waals surface area contributed by atoms with Crippen LogP contribution < -0.4 is 0 Å². The van der Waals surface area contributed by atoms with Crippen molar-refractivity contribution in [1.82, 2.24) is 0 Å². The monoisotopic (exact) mass is 442 g/mol. The Labute approximate surface area is 191 Å². The van der Waals surface area contributed by atoms with E-state index in [9.17, 15) is 15.3 Å². The Morgan fingerprint density at radius 1 is 0.806 bits per heavy atom. The van der Waals surface area contributed by atoms with E-state index in [2.05, 4.69) is 19.1 Å². The first kappa shape index (κ1) is 28.6. The summed E-state index contributed by atoms with van der Waals surface area (Å²) in [5.74, 6) is 0. The van der Waals surface area contributed by atoms with Crippen molar-refractivity contribution in [1.29, 1.82) is 0 Å². The molecule has 184 valence electrons. The summed E-state index contributed by atoms with van der Waals surface area (Å²) in [7, 11) is 0. The van der Waals surface area contributed by atoms with Crippen molar-refractivity contribution in [3.63, 3.8) is 0 Å². The number of aliphatic hydroxyl groups is 3. The van der Waals surface area contributed by atoms with Crippen LogP contribution in [-0.4, -0.2) is 59.6 Å². The molecule has 0 aromatic rings. The van der Waals surface area contributed by atoms with Gasteiger partial charge in [0.2, 0.25) is 0 Å². The fourth-order valence-electron chi connectivity index (χ4n) is 4.14. The highest BCUT2D eigenvalue weighted by atomic mass is 16.6. The third kappa shape index (κ3) is 14.3. The lowest BCUT2D eigenvalue weighted by Crippen LogP contribution is -2.42. The molecular formula is C26H50O5. The first-order chi connectivity index (χ1) is 15.2. The smallest absolute Gasteiger partial charge is 0.114 e. The number of unbranched alkanes of at least 4 members (excludes halogenated alkanes) is 14. The van der Waals surface area contributed by atoms with E-state index in [0.717, 1.165) is 12.8 Å². The van der Waals surface area contributed by atoms with Crippen LogP contribution in [0, 0.1) is 0 Å². The number of hydrogen-bond donors (Lipinski definition) is 3. The Bertz CT molecular complexity index is 415. The number of hydrogen-bond acceptors (Lipinski definition) is 5. The van der Waals surface area contributed by atoms with Gasteiger partial charge in [-0.3, -0.25) is 0 Å². The molecule has 1 aliphatic heterocycles. The van der Waals surface area contributed by atoms with Gasteiger partial charge in [0.05, 0.1) is 13.2 Å². The summed E-state index contributed by atoms with van der Waals surface area (Å²) >= 11 is 0.